The van der Waals surface area contributed by atoms with E-state index in [1.165, 1.54) is 42.4 Å². The van der Waals surface area contributed by atoms with Crippen molar-refractivity contribution in [3.8, 4) is 11.1 Å². The molecule has 0 unspecified atom stereocenters. The van der Waals surface area contributed by atoms with Crippen LogP contribution >= 0.6 is 0 Å². The van der Waals surface area contributed by atoms with Gasteiger partial charge in [0.2, 0.25) is 0 Å². The van der Waals surface area contributed by atoms with Crippen LogP contribution in [-0.4, -0.2) is 11.2 Å². The van der Waals surface area contributed by atoms with Gasteiger partial charge in [-0.25, -0.2) is 0 Å². The minimum Gasteiger partial charge on any atom is -0.392 e. The van der Waals surface area contributed by atoms with Crippen molar-refractivity contribution in [2.24, 2.45) is 0 Å². The topological polar surface area (TPSA) is 29.5 Å². The average molecular weight is 282 g/mol. The Morgan fingerprint density at radius 3 is 1.86 bits per heavy atom. The van der Waals surface area contributed by atoms with Crippen LogP contribution in [0, 0.1) is 0 Å². The highest BCUT2D eigenvalue weighted by atomic mass is 16.5. The first kappa shape index (κ1) is 14.3. The molecule has 2 nitrogen and oxygen atoms in total. The van der Waals surface area contributed by atoms with Crippen LogP contribution in [0.15, 0.2) is 48.5 Å². The third kappa shape index (κ3) is 3.72. The van der Waals surface area contributed by atoms with Crippen molar-refractivity contribution in [1.29, 1.82) is 0 Å². The molecule has 1 N–H and O–H groups in total. The summed E-state index contributed by atoms with van der Waals surface area (Å²) in [5.74, 6) is 0. The standard InChI is InChI=1S/C19H22O2/c20-13-15-5-9-17(10-6-15)18-11-7-16(8-12-18)14-21-19-3-1-2-4-19/h5-12,19-20H,1-4,13-14H2. The first-order valence-corrected chi connectivity index (χ1v) is 7.76. The number of hydrogen-bond donors (Lipinski definition) is 1. The molecule has 0 heterocycles. The zero-order valence-corrected chi connectivity index (χ0v) is 12.3. The molecule has 0 aliphatic heterocycles. The Balaban J connectivity index is 1.62. The van der Waals surface area contributed by atoms with Crippen LogP contribution in [-0.2, 0) is 18.0 Å². The summed E-state index contributed by atoms with van der Waals surface area (Å²) >= 11 is 0. The molecule has 1 fully saturated rings. The molecule has 2 aromatic carbocycles. The second-order valence-corrected chi connectivity index (χ2v) is 5.77. The summed E-state index contributed by atoms with van der Waals surface area (Å²) in [5, 5.41) is 9.07. The number of benzene rings is 2. The van der Waals surface area contributed by atoms with Crippen LogP contribution in [0.5, 0.6) is 0 Å². The van der Waals surface area contributed by atoms with Gasteiger partial charge in [0.05, 0.1) is 19.3 Å². The molecule has 0 aromatic heterocycles. The molecular weight excluding hydrogens is 260 g/mol. The second-order valence-electron chi connectivity index (χ2n) is 5.77. The molecule has 0 amide bonds. The maximum Gasteiger partial charge on any atom is 0.0720 e. The lowest BCUT2D eigenvalue weighted by Gasteiger charge is -2.11. The molecule has 1 aliphatic rings. The van der Waals surface area contributed by atoms with Gasteiger partial charge in [-0.3, -0.25) is 0 Å². The van der Waals surface area contributed by atoms with Crippen molar-refractivity contribution in [1.82, 2.24) is 0 Å². The van der Waals surface area contributed by atoms with E-state index in [2.05, 4.69) is 36.4 Å². The number of ether oxygens (including phenoxy) is 1. The first-order valence-electron chi connectivity index (χ1n) is 7.76. The van der Waals surface area contributed by atoms with Gasteiger partial charge in [0, 0.05) is 0 Å². The van der Waals surface area contributed by atoms with Crippen LogP contribution in [0.1, 0.15) is 36.8 Å². The van der Waals surface area contributed by atoms with E-state index in [0.717, 1.165) is 5.56 Å². The largest absolute Gasteiger partial charge is 0.392 e. The number of hydrogen-bond acceptors (Lipinski definition) is 2. The predicted molar refractivity (Wildman–Crippen MR) is 84.8 cm³/mol. The summed E-state index contributed by atoms with van der Waals surface area (Å²) in [6, 6.07) is 16.6. The summed E-state index contributed by atoms with van der Waals surface area (Å²) < 4.78 is 5.94. The number of aliphatic hydroxyl groups excluding tert-OH is 1. The van der Waals surface area contributed by atoms with E-state index in [1.54, 1.807) is 0 Å². The fourth-order valence-corrected chi connectivity index (χ4v) is 2.87. The molecule has 0 saturated heterocycles. The highest BCUT2D eigenvalue weighted by molar-refractivity contribution is 5.63. The molecule has 2 heteroatoms. The number of rotatable bonds is 5. The maximum atomic E-state index is 9.07. The molecule has 21 heavy (non-hydrogen) atoms. The van der Waals surface area contributed by atoms with Crippen molar-refractivity contribution in [2.75, 3.05) is 0 Å². The molecular formula is C19H22O2. The van der Waals surface area contributed by atoms with Gasteiger partial charge in [-0.2, -0.15) is 0 Å². The fourth-order valence-electron chi connectivity index (χ4n) is 2.87. The lowest BCUT2D eigenvalue weighted by molar-refractivity contribution is 0.0457. The normalized spacial score (nSPS) is 15.5. The van der Waals surface area contributed by atoms with Gasteiger partial charge in [-0.1, -0.05) is 61.4 Å². The smallest absolute Gasteiger partial charge is 0.0720 e. The highest BCUT2D eigenvalue weighted by Crippen LogP contribution is 2.23. The average Bonchev–Trinajstić information content (AvgIpc) is 3.07. The minimum atomic E-state index is 0.0950. The van der Waals surface area contributed by atoms with Crippen molar-refractivity contribution < 1.29 is 9.84 Å². The van der Waals surface area contributed by atoms with Crippen molar-refractivity contribution in [3.05, 3.63) is 59.7 Å². The summed E-state index contributed by atoms with van der Waals surface area (Å²) in [5.41, 5.74) is 4.55. The SMILES string of the molecule is OCc1ccc(-c2ccc(COC3CCCC3)cc2)cc1. The van der Waals surface area contributed by atoms with E-state index in [1.807, 2.05) is 12.1 Å². The van der Waals surface area contributed by atoms with Gasteiger partial charge in [0.1, 0.15) is 0 Å². The fraction of sp³-hybridized carbons (Fsp3) is 0.368. The molecule has 1 saturated carbocycles. The summed E-state index contributed by atoms with van der Waals surface area (Å²) in [4.78, 5) is 0. The predicted octanol–water partition coefficient (Wildman–Crippen LogP) is 4.31. The second kappa shape index (κ2) is 6.88. The minimum absolute atomic E-state index is 0.0950. The van der Waals surface area contributed by atoms with Crippen molar-refractivity contribution in [2.45, 2.75) is 45.0 Å². The van der Waals surface area contributed by atoms with E-state index in [9.17, 15) is 0 Å². The van der Waals surface area contributed by atoms with E-state index in [4.69, 9.17) is 9.84 Å². The van der Waals surface area contributed by atoms with Gasteiger partial charge in [-0.15, -0.1) is 0 Å². The van der Waals surface area contributed by atoms with E-state index < -0.39 is 0 Å². The van der Waals surface area contributed by atoms with E-state index in [-0.39, 0.29) is 6.61 Å². The summed E-state index contributed by atoms with van der Waals surface area (Å²) in [7, 11) is 0. The Morgan fingerprint density at radius 1 is 0.810 bits per heavy atom. The maximum absolute atomic E-state index is 9.07. The monoisotopic (exact) mass is 282 g/mol. The molecule has 3 rings (SSSR count). The highest BCUT2D eigenvalue weighted by Gasteiger charge is 2.14. The van der Waals surface area contributed by atoms with Crippen LogP contribution in [0.3, 0.4) is 0 Å². The lowest BCUT2D eigenvalue weighted by atomic mass is 10.0. The lowest BCUT2D eigenvalue weighted by Crippen LogP contribution is -2.06. The Morgan fingerprint density at radius 2 is 1.33 bits per heavy atom. The van der Waals surface area contributed by atoms with E-state index in [0.29, 0.717) is 12.7 Å². The van der Waals surface area contributed by atoms with Gasteiger partial charge in [0.15, 0.2) is 0 Å². The third-order valence-electron chi connectivity index (χ3n) is 4.21. The molecule has 0 atom stereocenters. The third-order valence-corrected chi connectivity index (χ3v) is 4.21. The summed E-state index contributed by atoms with van der Waals surface area (Å²) in [6.45, 7) is 0.812. The Kier molecular flexibility index (Phi) is 4.69. The molecule has 1 aliphatic carbocycles. The Labute approximate surface area is 126 Å². The molecule has 110 valence electrons. The van der Waals surface area contributed by atoms with Gasteiger partial charge in [0.25, 0.3) is 0 Å². The van der Waals surface area contributed by atoms with Gasteiger partial charge in [-0.05, 0) is 35.1 Å². The molecule has 2 aromatic rings. The zero-order chi connectivity index (χ0) is 14.5. The van der Waals surface area contributed by atoms with Crippen molar-refractivity contribution >= 4 is 0 Å². The van der Waals surface area contributed by atoms with Crippen molar-refractivity contribution in [3.63, 3.8) is 0 Å². The molecule has 0 bridgehead atoms. The van der Waals surface area contributed by atoms with Crippen LogP contribution in [0.4, 0.5) is 0 Å². The quantitative estimate of drug-likeness (QED) is 0.885. The Hall–Kier alpha value is -1.64. The molecule has 0 spiro atoms. The first-order chi connectivity index (χ1) is 10.3. The van der Waals surface area contributed by atoms with Gasteiger partial charge >= 0.3 is 0 Å². The van der Waals surface area contributed by atoms with Crippen LogP contribution < -0.4 is 0 Å². The van der Waals surface area contributed by atoms with Crippen LogP contribution in [0.2, 0.25) is 0 Å². The zero-order valence-electron chi connectivity index (χ0n) is 12.3. The molecule has 0 radical (unpaired) electrons. The number of aliphatic hydroxyl groups is 1. The van der Waals surface area contributed by atoms with Crippen LogP contribution in [0.25, 0.3) is 11.1 Å². The van der Waals surface area contributed by atoms with Gasteiger partial charge < -0.3 is 9.84 Å². The summed E-state index contributed by atoms with van der Waals surface area (Å²) in [6.07, 6.45) is 5.53. The van der Waals surface area contributed by atoms with E-state index >= 15 is 0 Å². The Bertz CT molecular complexity index is 551.